The Morgan fingerprint density at radius 1 is 1.04 bits per heavy atom. The summed E-state index contributed by atoms with van der Waals surface area (Å²) in [7, 11) is 0. The standard InChI is InChI=1S/C17H15Cl2NO3/c1-10-6-7-12(8-11(10)2)17(22)23-9-15(21)20-16-13(18)4-3-5-14(16)19/h3-8H,9H2,1-2H3,(H,20,21). The largest absolute Gasteiger partial charge is 0.452 e. The van der Waals surface area contributed by atoms with Crippen molar-refractivity contribution in [3.63, 3.8) is 0 Å². The molecule has 6 heteroatoms. The second-order valence-corrected chi connectivity index (χ2v) is 5.83. The third kappa shape index (κ3) is 4.47. The molecule has 0 fully saturated rings. The van der Waals surface area contributed by atoms with E-state index in [1.807, 2.05) is 19.9 Å². The third-order valence-corrected chi connectivity index (χ3v) is 3.93. The number of nitrogens with one attached hydrogen (secondary N) is 1. The number of aryl methyl sites for hydroxylation is 2. The monoisotopic (exact) mass is 351 g/mol. The van der Waals surface area contributed by atoms with Crippen LogP contribution in [0.2, 0.25) is 10.0 Å². The van der Waals surface area contributed by atoms with Crippen molar-refractivity contribution in [3.05, 3.63) is 63.1 Å². The normalized spacial score (nSPS) is 10.3. The molecule has 0 atom stereocenters. The van der Waals surface area contributed by atoms with Gasteiger partial charge in [-0.25, -0.2) is 4.79 Å². The molecule has 0 aliphatic heterocycles. The minimum absolute atomic E-state index is 0.295. The van der Waals surface area contributed by atoms with E-state index in [0.29, 0.717) is 21.3 Å². The Bertz CT molecular complexity index is 739. The minimum Gasteiger partial charge on any atom is -0.452 e. The number of ether oxygens (including phenoxy) is 1. The molecule has 0 bridgehead atoms. The summed E-state index contributed by atoms with van der Waals surface area (Å²) >= 11 is 11.9. The molecular weight excluding hydrogens is 337 g/mol. The third-order valence-electron chi connectivity index (χ3n) is 3.30. The van der Waals surface area contributed by atoms with Gasteiger partial charge in [-0.05, 0) is 49.2 Å². The molecule has 2 aromatic rings. The molecule has 4 nitrogen and oxygen atoms in total. The summed E-state index contributed by atoms with van der Waals surface area (Å²) in [5, 5.41) is 3.15. The van der Waals surface area contributed by atoms with Gasteiger partial charge in [0, 0.05) is 0 Å². The smallest absolute Gasteiger partial charge is 0.338 e. The van der Waals surface area contributed by atoms with Crippen molar-refractivity contribution in [1.82, 2.24) is 0 Å². The molecule has 1 N–H and O–H groups in total. The molecule has 0 spiro atoms. The highest BCUT2D eigenvalue weighted by molar-refractivity contribution is 6.39. The van der Waals surface area contributed by atoms with Crippen molar-refractivity contribution >= 4 is 40.8 Å². The van der Waals surface area contributed by atoms with Gasteiger partial charge < -0.3 is 10.1 Å². The van der Waals surface area contributed by atoms with Crippen LogP contribution in [0.25, 0.3) is 0 Å². The first kappa shape index (κ1) is 17.3. The predicted octanol–water partition coefficient (Wildman–Crippen LogP) is 4.41. The Hall–Kier alpha value is -2.04. The lowest BCUT2D eigenvalue weighted by molar-refractivity contribution is -0.119. The summed E-state index contributed by atoms with van der Waals surface area (Å²) < 4.78 is 5.00. The van der Waals surface area contributed by atoms with Gasteiger partial charge in [-0.1, -0.05) is 35.3 Å². The predicted molar refractivity (Wildman–Crippen MR) is 91.3 cm³/mol. The molecule has 1 amide bonds. The van der Waals surface area contributed by atoms with Crippen LogP contribution in [-0.2, 0) is 9.53 Å². The molecule has 0 aromatic heterocycles. The van der Waals surface area contributed by atoms with Crippen molar-refractivity contribution in [1.29, 1.82) is 0 Å². The number of para-hydroxylation sites is 1. The maximum absolute atomic E-state index is 11.9. The second-order valence-electron chi connectivity index (χ2n) is 5.02. The van der Waals surface area contributed by atoms with Crippen molar-refractivity contribution in [3.8, 4) is 0 Å². The van der Waals surface area contributed by atoms with Gasteiger partial charge >= 0.3 is 5.97 Å². The lowest BCUT2D eigenvalue weighted by atomic mass is 10.1. The fourth-order valence-electron chi connectivity index (χ4n) is 1.88. The topological polar surface area (TPSA) is 55.4 Å². The summed E-state index contributed by atoms with van der Waals surface area (Å²) in [6.45, 7) is 3.43. The Balaban J connectivity index is 1.96. The van der Waals surface area contributed by atoms with Crippen LogP contribution in [0.5, 0.6) is 0 Å². The van der Waals surface area contributed by atoms with Crippen LogP contribution in [0.1, 0.15) is 21.5 Å². The highest BCUT2D eigenvalue weighted by Gasteiger charge is 2.13. The number of anilines is 1. The lowest BCUT2D eigenvalue weighted by Crippen LogP contribution is -2.21. The molecule has 0 saturated carbocycles. The van der Waals surface area contributed by atoms with Crippen LogP contribution in [-0.4, -0.2) is 18.5 Å². The van der Waals surface area contributed by atoms with E-state index in [2.05, 4.69) is 5.32 Å². The first-order valence-corrected chi connectivity index (χ1v) is 7.62. The lowest BCUT2D eigenvalue weighted by Gasteiger charge is -2.10. The van der Waals surface area contributed by atoms with E-state index in [1.54, 1.807) is 30.3 Å². The Labute approximate surface area is 144 Å². The molecule has 120 valence electrons. The molecule has 0 aliphatic carbocycles. The van der Waals surface area contributed by atoms with Crippen molar-refractivity contribution in [2.75, 3.05) is 11.9 Å². The van der Waals surface area contributed by atoms with Gasteiger partial charge in [0.15, 0.2) is 6.61 Å². The summed E-state index contributed by atoms with van der Waals surface area (Å²) in [5.74, 6) is -1.08. The molecule has 2 rings (SSSR count). The van der Waals surface area contributed by atoms with Crippen LogP contribution in [0.4, 0.5) is 5.69 Å². The molecule has 2 aromatic carbocycles. The number of carbonyl (C=O) groups excluding carboxylic acids is 2. The van der Waals surface area contributed by atoms with Crippen LogP contribution < -0.4 is 5.32 Å². The molecule has 0 saturated heterocycles. The Kier molecular flexibility index (Phi) is 5.64. The quantitative estimate of drug-likeness (QED) is 0.830. The number of halogens is 2. The summed E-state index contributed by atoms with van der Waals surface area (Å²) in [4.78, 5) is 23.8. The maximum Gasteiger partial charge on any atom is 0.338 e. The van der Waals surface area contributed by atoms with Crippen LogP contribution in [0, 0.1) is 13.8 Å². The van der Waals surface area contributed by atoms with Gasteiger partial charge in [0.1, 0.15) is 0 Å². The molecular formula is C17H15Cl2NO3. The molecule has 0 heterocycles. The van der Waals surface area contributed by atoms with Crippen molar-refractivity contribution < 1.29 is 14.3 Å². The average Bonchev–Trinajstić information content (AvgIpc) is 2.51. The molecule has 0 unspecified atom stereocenters. The first-order valence-electron chi connectivity index (χ1n) is 6.86. The minimum atomic E-state index is -0.562. The van der Waals surface area contributed by atoms with E-state index in [4.69, 9.17) is 27.9 Å². The number of rotatable bonds is 4. The van der Waals surface area contributed by atoms with Gasteiger partial charge in [-0.2, -0.15) is 0 Å². The summed E-state index contributed by atoms with van der Waals surface area (Å²) in [5.41, 5.74) is 2.75. The Morgan fingerprint density at radius 3 is 2.30 bits per heavy atom. The van der Waals surface area contributed by atoms with E-state index < -0.39 is 18.5 Å². The van der Waals surface area contributed by atoms with Crippen LogP contribution in [0.15, 0.2) is 36.4 Å². The number of amides is 1. The Morgan fingerprint density at radius 2 is 1.70 bits per heavy atom. The number of hydrogen-bond donors (Lipinski definition) is 1. The number of benzene rings is 2. The first-order chi connectivity index (χ1) is 10.9. The SMILES string of the molecule is Cc1ccc(C(=O)OCC(=O)Nc2c(Cl)cccc2Cl)cc1C. The number of carbonyl (C=O) groups is 2. The molecule has 0 radical (unpaired) electrons. The fraction of sp³-hybridized carbons (Fsp3) is 0.176. The number of esters is 1. The fourth-order valence-corrected chi connectivity index (χ4v) is 2.37. The molecule has 23 heavy (non-hydrogen) atoms. The number of hydrogen-bond acceptors (Lipinski definition) is 3. The van der Waals surface area contributed by atoms with Gasteiger partial charge in [0.2, 0.25) is 0 Å². The maximum atomic E-state index is 11.9. The summed E-state index contributed by atoms with van der Waals surface area (Å²) in [6, 6.07) is 10.1. The van der Waals surface area contributed by atoms with Crippen LogP contribution in [0.3, 0.4) is 0 Å². The average molecular weight is 352 g/mol. The van der Waals surface area contributed by atoms with E-state index >= 15 is 0 Å². The van der Waals surface area contributed by atoms with E-state index in [0.717, 1.165) is 11.1 Å². The van der Waals surface area contributed by atoms with Crippen molar-refractivity contribution in [2.24, 2.45) is 0 Å². The highest BCUT2D eigenvalue weighted by atomic mass is 35.5. The van der Waals surface area contributed by atoms with Gasteiger partial charge in [-0.15, -0.1) is 0 Å². The van der Waals surface area contributed by atoms with Gasteiger partial charge in [-0.3, -0.25) is 4.79 Å². The van der Waals surface area contributed by atoms with E-state index in [-0.39, 0.29) is 0 Å². The zero-order valence-electron chi connectivity index (χ0n) is 12.7. The molecule has 0 aliphatic rings. The zero-order chi connectivity index (χ0) is 17.0. The van der Waals surface area contributed by atoms with Crippen LogP contribution >= 0.6 is 23.2 Å². The second kappa shape index (κ2) is 7.49. The zero-order valence-corrected chi connectivity index (χ0v) is 14.2. The van der Waals surface area contributed by atoms with Crippen molar-refractivity contribution in [2.45, 2.75) is 13.8 Å². The van der Waals surface area contributed by atoms with Gasteiger partial charge in [0.05, 0.1) is 21.3 Å². The highest BCUT2D eigenvalue weighted by Crippen LogP contribution is 2.29. The van der Waals surface area contributed by atoms with E-state index in [9.17, 15) is 9.59 Å². The summed E-state index contributed by atoms with van der Waals surface area (Å²) in [6.07, 6.45) is 0. The van der Waals surface area contributed by atoms with Gasteiger partial charge in [0.25, 0.3) is 5.91 Å². The van der Waals surface area contributed by atoms with E-state index in [1.165, 1.54) is 0 Å².